The van der Waals surface area contributed by atoms with Crippen molar-refractivity contribution >= 4 is 17.3 Å². The Hall–Kier alpha value is -2.60. The van der Waals surface area contributed by atoms with Crippen molar-refractivity contribution in [1.29, 1.82) is 0 Å². The van der Waals surface area contributed by atoms with Crippen molar-refractivity contribution in [2.45, 2.75) is 6.42 Å². The van der Waals surface area contributed by atoms with Crippen molar-refractivity contribution < 1.29 is 18.7 Å². The van der Waals surface area contributed by atoms with Crippen LogP contribution in [0.4, 0.5) is 8.78 Å². The van der Waals surface area contributed by atoms with Crippen LogP contribution in [0.25, 0.3) is 10.6 Å². The zero-order valence-electron chi connectivity index (χ0n) is 11.8. The van der Waals surface area contributed by atoms with E-state index in [2.05, 4.69) is 4.98 Å². The van der Waals surface area contributed by atoms with Crippen LogP contribution in [-0.2, 0) is 6.42 Å². The first-order valence-electron chi connectivity index (χ1n) is 6.77. The van der Waals surface area contributed by atoms with Gasteiger partial charge in [0, 0.05) is 12.0 Å². The van der Waals surface area contributed by atoms with Gasteiger partial charge in [-0.3, -0.25) is 0 Å². The maximum absolute atomic E-state index is 13.4. The minimum atomic E-state index is -1.08. The first-order chi connectivity index (χ1) is 11.0. The van der Waals surface area contributed by atoms with Gasteiger partial charge in [-0.2, -0.15) is 0 Å². The smallest absolute Gasteiger partial charge is 0.347 e. The highest BCUT2D eigenvalue weighted by Gasteiger charge is 2.19. The summed E-state index contributed by atoms with van der Waals surface area (Å²) in [5, 5.41) is 9.69. The predicted molar refractivity (Wildman–Crippen MR) is 83.7 cm³/mol. The second-order valence-electron chi connectivity index (χ2n) is 4.89. The van der Waals surface area contributed by atoms with E-state index in [4.69, 9.17) is 0 Å². The van der Waals surface area contributed by atoms with Crippen molar-refractivity contribution in [3.05, 3.63) is 76.3 Å². The van der Waals surface area contributed by atoms with Crippen LogP contribution in [0.1, 0.15) is 20.9 Å². The number of carbonyl (C=O) groups is 1. The van der Waals surface area contributed by atoms with Gasteiger partial charge in [0.15, 0.2) is 11.6 Å². The summed E-state index contributed by atoms with van der Waals surface area (Å²) in [6.45, 7) is 0. The molecule has 0 aliphatic carbocycles. The van der Waals surface area contributed by atoms with Gasteiger partial charge in [-0.1, -0.05) is 30.3 Å². The molecule has 0 saturated carbocycles. The van der Waals surface area contributed by atoms with Crippen LogP contribution in [0.15, 0.2) is 48.5 Å². The molecule has 1 heterocycles. The average molecular weight is 331 g/mol. The topological polar surface area (TPSA) is 50.2 Å². The van der Waals surface area contributed by atoms with Crippen LogP contribution in [0.2, 0.25) is 0 Å². The summed E-state index contributed by atoms with van der Waals surface area (Å²) in [5.74, 6) is -3.02. The number of halogens is 2. The number of hydrogen-bond donors (Lipinski definition) is 1. The second-order valence-corrected chi connectivity index (χ2v) is 5.89. The van der Waals surface area contributed by atoms with E-state index >= 15 is 0 Å². The molecular formula is C17H11F2NO2S. The Bertz CT molecular complexity index is 862. The summed E-state index contributed by atoms with van der Waals surface area (Å²) < 4.78 is 26.4. The molecule has 3 aromatic rings. The lowest BCUT2D eigenvalue weighted by Gasteiger charge is -1.99. The molecule has 0 radical (unpaired) electrons. The monoisotopic (exact) mass is 331 g/mol. The summed E-state index contributed by atoms with van der Waals surface area (Å²) in [7, 11) is 0. The number of aromatic nitrogens is 1. The van der Waals surface area contributed by atoms with E-state index in [9.17, 15) is 18.7 Å². The van der Waals surface area contributed by atoms with Crippen molar-refractivity contribution in [1.82, 2.24) is 4.98 Å². The molecule has 1 aromatic heterocycles. The third kappa shape index (κ3) is 3.27. The first-order valence-corrected chi connectivity index (χ1v) is 7.58. The van der Waals surface area contributed by atoms with Gasteiger partial charge >= 0.3 is 5.97 Å². The Morgan fingerprint density at radius 1 is 1.09 bits per heavy atom. The lowest BCUT2D eigenvalue weighted by atomic mass is 10.1. The van der Waals surface area contributed by atoms with Gasteiger partial charge in [-0.25, -0.2) is 18.6 Å². The maximum atomic E-state index is 13.4. The predicted octanol–water partition coefficient (Wildman–Crippen LogP) is 4.38. The van der Waals surface area contributed by atoms with Crippen LogP contribution in [-0.4, -0.2) is 16.1 Å². The number of rotatable bonds is 4. The van der Waals surface area contributed by atoms with E-state index < -0.39 is 17.6 Å². The third-order valence-electron chi connectivity index (χ3n) is 3.27. The van der Waals surface area contributed by atoms with Gasteiger partial charge in [-0.15, -0.1) is 11.3 Å². The van der Waals surface area contributed by atoms with E-state index in [1.165, 1.54) is 6.07 Å². The molecule has 116 valence electrons. The molecule has 0 saturated heterocycles. The summed E-state index contributed by atoms with van der Waals surface area (Å²) >= 11 is 0.955. The van der Waals surface area contributed by atoms with Gasteiger partial charge < -0.3 is 5.11 Å². The number of aromatic carboxylic acids is 1. The molecule has 0 spiro atoms. The SMILES string of the molecule is O=C(O)c1sc(-c2ccc(F)c(F)c2)nc1Cc1ccccc1. The molecule has 0 atom stereocenters. The second kappa shape index (κ2) is 6.26. The molecule has 3 rings (SSSR count). The summed E-state index contributed by atoms with van der Waals surface area (Å²) in [4.78, 5) is 15.8. The Morgan fingerprint density at radius 3 is 2.48 bits per heavy atom. The molecule has 23 heavy (non-hydrogen) atoms. The van der Waals surface area contributed by atoms with Crippen molar-refractivity contribution in [3.63, 3.8) is 0 Å². The van der Waals surface area contributed by atoms with Gasteiger partial charge in [0.05, 0.1) is 5.69 Å². The minimum Gasteiger partial charge on any atom is -0.477 e. The molecule has 6 heteroatoms. The quantitative estimate of drug-likeness (QED) is 0.772. The van der Waals surface area contributed by atoms with Crippen molar-refractivity contribution in [3.8, 4) is 10.6 Å². The molecule has 0 aliphatic rings. The van der Waals surface area contributed by atoms with E-state index in [0.717, 1.165) is 29.0 Å². The third-order valence-corrected chi connectivity index (χ3v) is 4.41. The van der Waals surface area contributed by atoms with Crippen molar-refractivity contribution in [2.24, 2.45) is 0 Å². The number of hydrogen-bond acceptors (Lipinski definition) is 3. The van der Waals surface area contributed by atoms with E-state index in [1.54, 1.807) is 0 Å². The zero-order chi connectivity index (χ0) is 16.4. The van der Waals surface area contributed by atoms with Crippen LogP contribution < -0.4 is 0 Å². The maximum Gasteiger partial charge on any atom is 0.347 e. The average Bonchev–Trinajstić information content (AvgIpc) is 2.95. The molecule has 2 aromatic carbocycles. The van der Waals surface area contributed by atoms with E-state index in [-0.39, 0.29) is 4.88 Å². The van der Waals surface area contributed by atoms with Crippen LogP contribution >= 0.6 is 11.3 Å². The lowest BCUT2D eigenvalue weighted by molar-refractivity contribution is 0.0701. The van der Waals surface area contributed by atoms with Crippen LogP contribution in [0.3, 0.4) is 0 Å². The fourth-order valence-corrected chi connectivity index (χ4v) is 3.10. The number of thiazole rings is 1. The number of benzene rings is 2. The van der Waals surface area contributed by atoms with Crippen LogP contribution in [0.5, 0.6) is 0 Å². The molecule has 0 unspecified atom stereocenters. The number of carboxylic acid groups (broad SMARTS) is 1. The Balaban J connectivity index is 2.01. The highest BCUT2D eigenvalue weighted by atomic mass is 32.1. The summed E-state index contributed by atoms with van der Waals surface area (Å²) in [6, 6.07) is 12.8. The standard InChI is InChI=1S/C17H11F2NO2S/c18-12-7-6-11(9-13(12)19)16-20-14(15(23-16)17(21)22)8-10-4-2-1-3-5-10/h1-7,9H,8H2,(H,21,22). The largest absolute Gasteiger partial charge is 0.477 e. The molecule has 3 nitrogen and oxygen atoms in total. The van der Waals surface area contributed by atoms with Crippen molar-refractivity contribution in [2.75, 3.05) is 0 Å². The molecule has 0 bridgehead atoms. The highest BCUT2D eigenvalue weighted by Crippen LogP contribution is 2.30. The van der Waals surface area contributed by atoms with Gasteiger partial charge in [-0.05, 0) is 23.8 Å². The number of nitrogens with zero attached hydrogens (tertiary/aromatic N) is 1. The molecule has 0 aliphatic heterocycles. The fraction of sp³-hybridized carbons (Fsp3) is 0.0588. The Labute approximate surface area is 134 Å². The minimum absolute atomic E-state index is 0.105. The normalized spacial score (nSPS) is 10.7. The summed E-state index contributed by atoms with van der Waals surface area (Å²) in [5.41, 5.74) is 1.70. The highest BCUT2D eigenvalue weighted by molar-refractivity contribution is 7.17. The molecule has 1 N–H and O–H groups in total. The van der Waals surface area contributed by atoms with Gasteiger partial charge in [0.2, 0.25) is 0 Å². The first kappa shape index (κ1) is 15.3. The summed E-state index contributed by atoms with van der Waals surface area (Å²) in [6.07, 6.45) is 0.364. The Kier molecular flexibility index (Phi) is 4.16. The van der Waals surface area contributed by atoms with E-state index in [1.807, 2.05) is 30.3 Å². The van der Waals surface area contributed by atoms with E-state index in [0.29, 0.717) is 22.7 Å². The lowest BCUT2D eigenvalue weighted by Crippen LogP contribution is -1.99. The Morgan fingerprint density at radius 2 is 1.83 bits per heavy atom. The number of carboxylic acids is 1. The fourth-order valence-electron chi connectivity index (χ4n) is 2.18. The van der Waals surface area contributed by atoms with Crippen LogP contribution in [0, 0.1) is 11.6 Å². The zero-order valence-corrected chi connectivity index (χ0v) is 12.6. The molecule has 0 fully saturated rings. The van der Waals surface area contributed by atoms with Gasteiger partial charge in [0.25, 0.3) is 0 Å². The van der Waals surface area contributed by atoms with Gasteiger partial charge in [0.1, 0.15) is 9.88 Å². The molecule has 0 amide bonds. The molecular weight excluding hydrogens is 320 g/mol.